The third-order valence-corrected chi connectivity index (χ3v) is 8.32. The Morgan fingerprint density at radius 3 is 2.17 bits per heavy atom. The molecule has 2 aromatic rings. The molecule has 0 radical (unpaired) electrons. The normalized spacial score (nSPS) is 10.9. The first-order valence-corrected chi connectivity index (χ1v) is 19.1. The quantitative estimate of drug-likeness (QED) is 0.0400. The minimum absolute atomic E-state index is 0. The first-order valence-electron chi connectivity index (χ1n) is 13.6. The summed E-state index contributed by atoms with van der Waals surface area (Å²) in [6.45, 7) is 15.2. The van der Waals surface area contributed by atoms with Crippen molar-refractivity contribution in [2.45, 2.75) is 93.6 Å². The van der Waals surface area contributed by atoms with Gasteiger partial charge in [0.15, 0.2) is 0 Å². The molecule has 0 bridgehead atoms. The van der Waals surface area contributed by atoms with Crippen LogP contribution in [0.2, 0.25) is 0 Å². The summed E-state index contributed by atoms with van der Waals surface area (Å²) < 4.78 is 18.2. The number of allylic oxidation sites excluding steroid dienone is 2. The number of hydrogen-bond donors (Lipinski definition) is 0. The second kappa shape index (κ2) is 17.7. The van der Waals surface area contributed by atoms with E-state index < -0.39 is 19.5 Å². The second-order valence-electron chi connectivity index (χ2n) is 10.4. The average molecular weight is 709 g/mol. The molecule has 1 N–H and O–H groups in total. The summed E-state index contributed by atoms with van der Waals surface area (Å²) in [7, 11) is 12.3. The predicted molar refractivity (Wildman–Crippen MR) is 170 cm³/mol. The molecule has 0 heterocycles. The number of aromatic hydroxyl groups is 1. The standard InChI is InChI=1S/C32H40O6.CH3.2ClH.Ru/c1-10-26(33)18-30(35)38-31-22(7)23(8)32(27(24(31)9)14-11-19(2)3)37-29(34)16-13-25-12-15-28(21(6)17-25)36-20(4)5;;;;/h6,11-12,15,17,20H,10,13-14,16,18H2,1-5,7-9H3;1H3;2*1H;/q;-1;;;+2/p-1. The molecule has 0 aliphatic heterocycles. The zero-order chi connectivity index (χ0) is 30.9. The molecular formula is C33H44Cl2O6Ru. The average Bonchev–Trinajstić information content (AvgIpc) is 2.88. The van der Waals surface area contributed by atoms with E-state index in [9.17, 15) is 14.4 Å². The van der Waals surface area contributed by atoms with Crippen LogP contribution in [-0.4, -0.2) is 33.2 Å². The number of ketones is 1. The van der Waals surface area contributed by atoms with Crippen molar-refractivity contribution in [1.82, 2.24) is 0 Å². The Labute approximate surface area is 264 Å². The summed E-state index contributed by atoms with van der Waals surface area (Å²) in [5.74, 6) is 0.569. The van der Waals surface area contributed by atoms with Gasteiger partial charge in [-0.1, -0.05) is 12.5 Å². The zero-order valence-electron chi connectivity index (χ0n) is 26.1. The number of Topliss-reactive ketones (excluding diaryl/α,β-unsaturated/α-hetero) is 1. The van der Waals surface area contributed by atoms with Crippen LogP contribution in [0.15, 0.2) is 29.8 Å². The molecule has 9 heteroatoms. The Bertz CT molecular complexity index is 1350. The summed E-state index contributed by atoms with van der Waals surface area (Å²) in [4.78, 5) is 37.3. The maximum absolute atomic E-state index is 13.1. The van der Waals surface area contributed by atoms with Crippen molar-refractivity contribution in [2.75, 3.05) is 0 Å². The van der Waals surface area contributed by atoms with E-state index in [0.717, 1.165) is 28.0 Å². The van der Waals surface area contributed by atoms with E-state index in [1.807, 2.05) is 77.4 Å². The molecule has 0 aliphatic rings. The number of aliphatic hydroxyl groups is 1. The molecule has 0 aromatic heterocycles. The fourth-order valence-electron chi connectivity index (χ4n) is 4.17. The van der Waals surface area contributed by atoms with Crippen molar-refractivity contribution < 1.29 is 42.1 Å². The van der Waals surface area contributed by atoms with Gasteiger partial charge in [0, 0.05) is 6.42 Å². The molecule has 234 valence electrons. The van der Waals surface area contributed by atoms with Gasteiger partial charge in [-0.2, -0.15) is 0 Å². The van der Waals surface area contributed by atoms with Crippen LogP contribution in [0.1, 0.15) is 87.3 Å². The molecule has 0 saturated carbocycles. The molecule has 0 amide bonds. The summed E-state index contributed by atoms with van der Waals surface area (Å²) in [6, 6.07) is 5.87. The van der Waals surface area contributed by atoms with Gasteiger partial charge < -0.3 is 12.2 Å². The fraction of sp³-hybridized carbons (Fsp3) is 0.424. The monoisotopic (exact) mass is 708 g/mol. The number of halogens is 2. The third kappa shape index (κ3) is 11.4. The number of aryl methyl sites for hydroxylation is 1. The van der Waals surface area contributed by atoms with Crippen LogP contribution in [0, 0.1) is 28.2 Å². The second-order valence-corrected chi connectivity index (χ2v) is 16.2. The summed E-state index contributed by atoms with van der Waals surface area (Å²) in [6.07, 6.45) is 3.29. The fourth-order valence-corrected chi connectivity index (χ4v) is 5.96. The number of rotatable bonds is 13. The van der Waals surface area contributed by atoms with Crippen molar-refractivity contribution in [3.05, 3.63) is 70.7 Å². The SMILES string of the molecule is CCC(=O)CC(=O)Oc1c(C)c(C)c(OC(=O)CCc2ccc([OH+]C(C)C)c([CH]=[Ru]([Cl])[Cl])c2)c(CC=C(C)C)c1C.[CH3-]. The van der Waals surface area contributed by atoms with Crippen LogP contribution in [0.3, 0.4) is 0 Å². The summed E-state index contributed by atoms with van der Waals surface area (Å²) >= 11 is -2.06. The van der Waals surface area contributed by atoms with Crippen LogP contribution in [-0.2, 0) is 40.7 Å². The minimum atomic E-state index is -2.06. The Balaban J connectivity index is 0.00000882. The van der Waals surface area contributed by atoms with Crippen LogP contribution in [0.4, 0.5) is 0 Å². The van der Waals surface area contributed by atoms with Gasteiger partial charge in [-0.3, -0.25) is 9.59 Å². The molecule has 2 rings (SSSR count). The van der Waals surface area contributed by atoms with Crippen LogP contribution in [0.25, 0.3) is 0 Å². The van der Waals surface area contributed by atoms with Crippen molar-refractivity contribution in [2.24, 2.45) is 0 Å². The smallest absolute Gasteiger partial charge is 0.358 e. The van der Waals surface area contributed by atoms with Crippen LogP contribution in [0.5, 0.6) is 17.2 Å². The number of carbonyl (C=O) groups is 3. The molecule has 6 nitrogen and oxygen atoms in total. The summed E-state index contributed by atoms with van der Waals surface area (Å²) in [5, 5.41) is 0. The van der Waals surface area contributed by atoms with Gasteiger partial charge in [-0.15, -0.1) is 0 Å². The first kappa shape index (κ1) is 37.7. The van der Waals surface area contributed by atoms with Crippen LogP contribution < -0.4 is 9.47 Å². The molecule has 0 saturated heterocycles. The number of esters is 2. The molecule has 0 spiro atoms. The van der Waals surface area contributed by atoms with Crippen molar-refractivity contribution in [3.63, 3.8) is 0 Å². The van der Waals surface area contributed by atoms with E-state index in [2.05, 4.69) is 4.74 Å². The molecule has 42 heavy (non-hydrogen) atoms. The zero-order valence-corrected chi connectivity index (χ0v) is 29.3. The van der Waals surface area contributed by atoms with E-state index in [1.54, 1.807) is 6.92 Å². The van der Waals surface area contributed by atoms with E-state index in [4.69, 9.17) is 28.9 Å². The molecule has 0 fully saturated rings. The summed E-state index contributed by atoms with van der Waals surface area (Å²) in [5.41, 5.74) is 5.81. The number of carbonyl (C=O) groups excluding carboxylic acids is 3. The minimum Gasteiger partial charge on any atom is -0.358 e. The van der Waals surface area contributed by atoms with Gasteiger partial charge in [0.2, 0.25) is 0 Å². The van der Waals surface area contributed by atoms with Crippen LogP contribution >= 0.6 is 19.4 Å². The van der Waals surface area contributed by atoms with E-state index in [1.165, 1.54) is 0 Å². The maximum atomic E-state index is 13.1. The number of hydrogen-bond acceptors (Lipinski definition) is 5. The van der Waals surface area contributed by atoms with Crippen molar-refractivity contribution >= 4 is 41.7 Å². The molecule has 0 atom stereocenters. The molecule has 0 aliphatic carbocycles. The molecule has 2 aromatic carbocycles. The molecular weight excluding hydrogens is 664 g/mol. The Morgan fingerprint density at radius 1 is 0.976 bits per heavy atom. The third-order valence-electron chi connectivity index (χ3n) is 6.49. The van der Waals surface area contributed by atoms with E-state index in [-0.39, 0.29) is 44.5 Å². The molecule has 0 unspecified atom stereocenters. The number of ether oxygens (including phenoxy) is 3. The van der Waals surface area contributed by atoms with Gasteiger partial charge in [-0.25, -0.2) is 0 Å². The van der Waals surface area contributed by atoms with E-state index >= 15 is 0 Å². The van der Waals surface area contributed by atoms with Gasteiger partial charge in [-0.05, 0) is 13.8 Å². The predicted octanol–water partition coefficient (Wildman–Crippen LogP) is 8.11. The van der Waals surface area contributed by atoms with Gasteiger partial charge in [0.1, 0.15) is 12.2 Å². The van der Waals surface area contributed by atoms with Gasteiger partial charge in [0.25, 0.3) is 0 Å². The number of benzene rings is 2. The van der Waals surface area contributed by atoms with E-state index in [0.29, 0.717) is 41.0 Å². The topological polar surface area (TPSA) is 82.5 Å². The van der Waals surface area contributed by atoms with Crippen molar-refractivity contribution in [3.8, 4) is 17.2 Å². The Kier molecular flexibility index (Phi) is 15.9. The van der Waals surface area contributed by atoms with Gasteiger partial charge >= 0.3 is 199 Å². The Hall–Kier alpha value is -2.34. The first-order chi connectivity index (χ1) is 19.2. The van der Waals surface area contributed by atoms with Crippen molar-refractivity contribution in [1.29, 1.82) is 0 Å². The Morgan fingerprint density at radius 2 is 1.60 bits per heavy atom. The van der Waals surface area contributed by atoms with Gasteiger partial charge in [0.05, 0.1) is 0 Å².